The third-order valence-corrected chi connectivity index (χ3v) is 6.18. The Kier molecular flexibility index (Phi) is 12.5. The van der Waals surface area contributed by atoms with Crippen LogP contribution in [-0.4, -0.2) is 96.4 Å². The molecule has 1 aliphatic rings. The van der Waals surface area contributed by atoms with Crippen molar-refractivity contribution in [3.8, 4) is 0 Å². The lowest BCUT2D eigenvalue weighted by atomic mass is 9.93. The van der Waals surface area contributed by atoms with E-state index in [1.54, 1.807) is 13.8 Å². The van der Waals surface area contributed by atoms with Gasteiger partial charge in [-0.3, -0.25) is 9.59 Å². The second kappa shape index (κ2) is 15.3. The normalized spacial score (nSPS) is 21.1. The van der Waals surface area contributed by atoms with Crippen LogP contribution in [0.3, 0.4) is 0 Å². The molecule has 1 saturated heterocycles. The highest BCUT2D eigenvalue weighted by Gasteiger charge is 2.37. The number of aliphatic hydroxyl groups is 3. The minimum absolute atomic E-state index is 0.0176. The van der Waals surface area contributed by atoms with Gasteiger partial charge in [0, 0.05) is 18.9 Å². The van der Waals surface area contributed by atoms with Crippen LogP contribution in [0.15, 0.2) is 42.5 Å². The Labute approximate surface area is 227 Å². The molecule has 0 bridgehead atoms. The summed E-state index contributed by atoms with van der Waals surface area (Å²) in [5.74, 6) is -1.43. The molecule has 0 aromatic heterocycles. The number of benzene rings is 1. The summed E-state index contributed by atoms with van der Waals surface area (Å²) in [6.45, 7) is 3.32. The van der Waals surface area contributed by atoms with Gasteiger partial charge in [0.25, 0.3) is 5.91 Å². The fraction of sp³-hybridized carbons (Fsp3) is 0.556. The van der Waals surface area contributed by atoms with Crippen molar-refractivity contribution in [2.45, 2.75) is 69.7 Å². The van der Waals surface area contributed by atoms with Crippen LogP contribution in [0.1, 0.15) is 32.3 Å². The first-order valence-electron chi connectivity index (χ1n) is 12.7. The molecule has 1 aromatic carbocycles. The zero-order valence-corrected chi connectivity index (χ0v) is 22.3. The zero-order valence-electron chi connectivity index (χ0n) is 22.3. The van der Waals surface area contributed by atoms with E-state index >= 15 is 0 Å². The van der Waals surface area contributed by atoms with E-state index in [-0.39, 0.29) is 26.0 Å². The summed E-state index contributed by atoms with van der Waals surface area (Å²) in [4.78, 5) is 48.4. The van der Waals surface area contributed by atoms with E-state index in [1.165, 1.54) is 6.08 Å². The van der Waals surface area contributed by atoms with Gasteiger partial charge < -0.3 is 45.0 Å². The summed E-state index contributed by atoms with van der Waals surface area (Å²) in [6.07, 6.45) is -4.44. The fourth-order valence-electron chi connectivity index (χ4n) is 3.76. The van der Waals surface area contributed by atoms with E-state index in [0.29, 0.717) is 12.7 Å². The van der Waals surface area contributed by atoms with Crippen LogP contribution in [0.4, 0.5) is 4.79 Å². The van der Waals surface area contributed by atoms with Crippen LogP contribution in [0.5, 0.6) is 0 Å². The molecule has 6 unspecified atom stereocenters. The Hall–Kier alpha value is -3.32. The number of nitrogens with one attached hydrogen (secondary N) is 2. The monoisotopic (exact) mass is 550 g/mol. The number of aldehydes is 1. The number of carbonyl (C=O) groups is 4. The summed E-state index contributed by atoms with van der Waals surface area (Å²) in [7, 11) is 1.12. The lowest BCUT2D eigenvalue weighted by Crippen LogP contribution is -2.55. The van der Waals surface area contributed by atoms with Gasteiger partial charge in [-0.25, -0.2) is 4.79 Å². The van der Waals surface area contributed by atoms with Crippen molar-refractivity contribution in [3.63, 3.8) is 0 Å². The standard InChI is InChI=1S/C27H38N2O10/c1-27(2,16-30)13-11-20(31)21(32)22(33)23(37-3)25(35)29-19-10-9-18(15-28-24(19)34)39-26(36)38-14-12-17-7-5-4-6-8-17/h4-8,11,13,16,18-23,31-33H,9-10,12,14-15H2,1-3H3,(H,28,34)(H,29,35). The molecular formula is C27H38N2O10. The maximum absolute atomic E-state index is 12.8. The molecule has 1 aliphatic heterocycles. The highest BCUT2D eigenvalue weighted by atomic mass is 16.7. The fourth-order valence-corrected chi connectivity index (χ4v) is 3.76. The zero-order chi connectivity index (χ0) is 29.0. The summed E-state index contributed by atoms with van der Waals surface area (Å²) < 4.78 is 15.4. The smallest absolute Gasteiger partial charge is 0.434 e. The Morgan fingerprint density at radius 1 is 1.15 bits per heavy atom. The molecule has 2 rings (SSSR count). The van der Waals surface area contributed by atoms with Gasteiger partial charge in [-0.2, -0.15) is 0 Å². The summed E-state index contributed by atoms with van der Waals surface area (Å²) in [5.41, 5.74) is 0.0993. The van der Waals surface area contributed by atoms with Gasteiger partial charge >= 0.3 is 6.16 Å². The topological polar surface area (TPSA) is 181 Å². The molecule has 0 aliphatic carbocycles. The molecule has 1 aromatic rings. The van der Waals surface area contributed by atoms with Crippen molar-refractivity contribution in [2.75, 3.05) is 20.3 Å². The summed E-state index contributed by atoms with van der Waals surface area (Å²) in [5, 5.41) is 36.0. The summed E-state index contributed by atoms with van der Waals surface area (Å²) >= 11 is 0. The Bertz CT molecular complexity index is 984. The average Bonchev–Trinajstić information content (AvgIpc) is 3.08. The van der Waals surface area contributed by atoms with Crippen LogP contribution in [-0.2, 0) is 35.0 Å². The number of carbonyl (C=O) groups excluding carboxylic acids is 4. The van der Waals surface area contributed by atoms with Crippen LogP contribution < -0.4 is 10.6 Å². The first-order chi connectivity index (χ1) is 18.5. The predicted octanol–water partition coefficient (Wildman–Crippen LogP) is 0.0247. The van der Waals surface area contributed by atoms with Crippen molar-refractivity contribution >= 4 is 24.3 Å². The van der Waals surface area contributed by atoms with Crippen LogP contribution >= 0.6 is 0 Å². The number of amides is 2. The third kappa shape index (κ3) is 10.4. The lowest BCUT2D eigenvalue weighted by molar-refractivity contribution is -0.150. The largest absolute Gasteiger partial charge is 0.508 e. The lowest BCUT2D eigenvalue weighted by Gasteiger charge is -2.28. The number of aliphatic hydroxyl groups excluding tert-OH is 3. The molecule has 12 heteroatoms. The number of methoxy groups -OCH3 is 1. The van der Waals surface area contributed by atoms with Gasteiger partial charge in [0.1, 0.15) is 36.7 Å². The first-order valence-corrected chi connectivity index (χ1v) is 12.7. The maximum Gasteiger partial charge on any atom is 0.508 e. The summed E-state index contributed by atoms with van der Waals surface area (Å²) in [6, 6.07) is 8.45. The van der Waals surface area contributed by atoms with Crippen LogP contribution in [0, 0.1) is 5.41 Å². The van der Waals surface area contributed by atoms with E-state index in [1.807, 2.05) is 30.3 Å². The highest BCUT2D eigenvalue weighted by molar-refractivity contribution is 5.89. The van der Waals surface area contributed by atoms with Crippen molar-refractivity contribution in [3.05, 3.63) is 48.0 Å². The van der Waals surface area contributed by atoms with Gasteiger partial charge in [-0.1, -0.05) is 42.5 Å². The maximum atomic E-state index is 12.8. The van der Waals surface area contributed by atoms with Crippen molar-refractivity contribution in [1.29, 1.82) is 0 Å². The van der Waals surface area contributed by atoms with Gasteiger partial charge in [0.05, 0.1) is 13.2 Å². The second-order valence-corrected chi connectivity index (χ2v) is 9.88. The molecule has 0 saturated carbocycles. The van der Waals surface area contributed by atoms with Crippen molar-refractivity contribution < 1.29 is 48.7 Å². The molecular weight excluding hydrogens is 512 g/mol. The molecule has 39 heavy (non-hydrogen) atoms. The Morgan fingerprint density at radius 2 is 1.85 bits per heavy atom. The molecule has 0 spiro atoms. The predicted molar refractivity (Wildman–Crippen MR) is 138 cm³/mol. The van der Waals surface area contributed by atoms with Crippen molar-refractivity contribution in [1.82, 2.24) is 10.6 Å². The molecule has 2 amide bonds. The number of allylic oxidation sites excluding steroid dienone is 1. The molecule has 5 N–H and O–H groups in total. The number of hydrogen-bond acceptors (Lipinski definition) is 10. The quantitative estimate of drug-likeness (QED) is 0.128. The van der Waals surface area contributed by atoms with Crippen LogP contribution in [0.2, 0.25) is 0 Å². The molecule has 12 nitrogen and oxygen atoms in total. The Balaban J connectivity index is 1.87. The van der Waals surface area contributed by atoms with E-state index in [4.69, 9.17) is 14.2 Å². The molecule has 1 heterocycles. The number of rotatable bonds is 13. The van der Waals surface area contributed by atoms with Gasteiger partial charge in [0.15, 0.2) is 6.10 Å². The van der Waals surface area contributed by atoms with Gasteiger partial charge in [-0.15, -0.1) is 0 Å². The number of hydrogen-bond donors (Lipinski definition) is 5. The van der Waals surface area contributed by atoms with E-state index in [2.05, 4.69) is 10.6 Å². The Morgan fingerprint density at radius 3 is 2.49 bits per heavy atom. The average molecular weight is 551 g/mol. The van der Waals surface area contributed by atoms with Gasteiger partial charge in [-0.05, 0) is 32.3 Å². The van der Waals surface area contributed by atoms with E-state index < -0.39 is 59.9 Å². The number of ether oxygens (including phenoxy) is 3. The minimum atomic E-state index is -1.86. The van der Waals surface area contributed by atoms with E-state index in [9.17, 15) is 34.5 Å². The first kappa shape index (κ1) is 31.9. The second-order valence-electron chi connectivity index (χ2n) is 9.88. The molecule has 216 valence electrons. The molecule has 0 radical (unpaired) electrons. The molecule has 1 fully saturated rings. The third-order valence-electron chi connectivity index (χ3n) is 6.18. The minimum Gasteiger partial charge on any atom is -0.434 e. The van der Waals surface area contributed by atoms with Crippen molar-refractivity contribution in [2.24, 2.45) is 5.41 Å². The van der Waals surface area contributed by atoms with E-state index in [0.717, 1.165) is 18.7 Å². The SMILES string of the molecule is COC(C(=O)NC1CCC(OC(=O)OCCc2ccccc2)CNC1=O)C(O)C(O)C(O)C=CC(C)(C)C=O. The molecule has 6 atom stereocenters. The van der Waals surface area contributed by atoms with Gasteiger partial charge in [0.2, 0.25) is 5.91 Å². The van der Waals surface area contributed by atoms with Crippen LogP contribution in [0.25, 0.3) is 0 Å². The highest BCUT2D eigenvalue weighted by Crippen LogP contribution is 2.16.